The third-order valence-corrected chi connectivity index (χ3v) is 6.90. The fourth-order valence-corrected chi connectivity index (χ4v) is 5.12. The number of hydrogen-bond acceptors (Lipinski definition) is 4. The SMILES string of the molecule is CCCOc1cccc(NC(=O)c2cccc(S(=O)(=O)N3CCc4ccccc43)c2)c1. The van der Waals surface area contributed by atoms with Crippen LogP contribution in [0.4, 0.5) is 11.4 Å². The molecule has 160 valence electrons. The Morgan fingerprint density at radius 1 is 1.03 bits per heavy atom. The zero-order valence-corrected chi connectivity index (χ0v) is 18.1. The summed E-state index contributed by atoms with van der Waals surface area (Å²) in [4.78, 5) is 12.9. The summed E-state index contributed by atoms with van der Waals surface area (Å²) in [5.41, 5.74) is 2.56. The molecule has 0 radical (unpaired) electrons. The Labute approximate surface area is 182 Å². The average molecular weight is 437 g/mol. The van der Waals surface area contributed by atoms with Crippen molar-refractivity contribution in [3.05, 3.63) is 83.9 Å². The van der Waals surface area contributed by atoms with Gasteiger partial charge in [0, 0.05) is 23.9 Å². The summed E-state index contributed by atoms with van der Waals surface area (Å²) in [5, 5.41) is 2.81. The van der Waals surface area contributed by atoms with Gasteiger partial charge in [0.2, 0.25) is 0 Å². The number of carbonyl (C=O) groups is 1. The zero-order valence-electron chi connectivity index (χ0n) is 17.2. The number of ether oxygens (including phenoxy) is 1. The maximum absolute atomic E-state index is 13.3. The molecule has 1 N–H and O–H groups in total. The smallest absolute Gasteiger partial charge is 0.264 e. The first-order valence-electron chi connectivity index (χ1n) is 10.2. The van der Waals surface area contributed by atoms with Crippen molar-refractivity contribution in [3.8, 4) is 5.75 Å². The first-order valence-corrected chi connectivity index (χ1v) is 11.7. The van der Waals surface area contributed by atoms with Crippen molar-refractivity contribution in [2.75, 3.05) is 22.8 Å². The van der Waals surface area contributed by atoms with Gasteiger partial charge in [-0.25, -0.2) is 8.42 Å². The van der Waals surface area contributed by atoms with Gasteiger partial charge in [-0.2, -0.15) is 0 Å². The molecular weight excluding hydrogens is 412 g/mol. The van der Waals surface area contributed by atoms with E-state index in [1.807, 2.05) is 37.3 Å². The van der Waals surface area contributed by atoms with Gasteiger partial charge < -0.3 is 10.1 Å². The van der Waals surface area contributed by atoms with E-state index in [4.69, 9.17) is 4.74 Å². The highest BCUT2D eigenvalue weighted by Gasteiger charge is 2.30. The van der Waals surface area contributed by atoms with Crippen molar-refractivity contribution in [2.24, 2.45) is 0 Å². The van der Waals surface area contributed by atoms with Crippen LogP contribution in [0.1, 0.15) is 29.3 Å². The van der Waals surface area contributed by atoms with Crippen LogP contribution >= 0.6 is 0 Å². The molecule has 3 aromatic carbocycles. The predicted molar refractivity (Wildman–Crippen MR) is 121 cm³/mol. The number of benzene rings is 3. The molecule has 1 heterocycles. The van der Waals surface area contributed by atoms with E-state index in [9.17, 15) is 13.2 Å². The third kappa shape index (κ3) is 4.41. The Hall–Kier alpha value is -3.32. The summed E-state index contributed by atoms with van der Waals surface area (Å²) in [5.74, 6) is 0.287. The van der Waals surface area contributed by atoms with Crippen LogP contribution in [0.2, 0.25) is 0 Å². The third-order valence-electron chi connectivity index (χ3n) is 5.09. The molecule has 0 aromatic heterocycles. The summed E-state index contributed by atoms with van der Waals surface area (Å²) in [7, 11) is -3.76. The quantitative estimate of drug-likeness (QED) is 0.593. The first-order chi connectivity index (χ1) is 15.0. The van der Waals surface area contributed by atoms with Gasteiger partial charge >= 0.3 is 0 Å². The minimum atomic E-state index is -3.76. The molecule has 0 fully saturated rings. The van der Waals surface area contributed by atoms with Gasteiger partial charge in [0.15, 0.2) is 0 Å². The van der Waals surface area contributed by atoms with Crippen LogP contribution in [0.15, 0.2) is 77.7 Å². The fourth-order valence-electron chi connectivity index (χ4n) is 3.57. The summed E-state index contributed by atoms with van der Waals surface area (Å²) in [6.07, 6.45) is 1.56. The summed E-state index contributed by atoms with van der Waals surface area (Å²) >= 11 is 0. The van der Waals surface area contributed by atoms with Crippen molar-refractivity contribution in [1.29, 1.82) is 0 Å². The second-order valence-electron chi connectivity index (χ2n) is 7.31. The molecule has 3 aromatic rings. The number of anilines is 2. The minimum absolute atomic E-state index is 0.0943. The molecule has 0 aliphatic carbocycles. The molecule has 0 atom stereocenters. The lowest BCUT2D eigenvalue weighted by Crippen LogP contribution is -2.29. The van der Waals surface area contributed by atoms with Crippen LogP contribution in [0.5, 0.6) is 5.75 Å². The van der Waals surface area contributed by atoms with E-state index in [0.717, 1.165) is 12.0 Å². The standard InChI is InChI=1S/C24H24N2O4S/c1-2-15-30-21-10-6-9-20(17-21)25-24(27)19-8-5-11-22(16-19)31(28,29)26-14-13-18-7-3-4-12-23(18)26/h3-12,16-17H,2,13-15H2,1H3,(H,25,27). The van der Waals surface area contributed by atoms with Crippen molar-refractivity contribution < 1.29 is 17.9 Å². The van der Waals surface area contributed by atoms with E-state index >= 15 is 0 Å². The van der Waals surface area contributed by atoms with Crippen LogP contribution < -0.4 is 14.4 Å². The van der Waals surface area contributed by atoms with Crippen molar-refractivity contribution in [3.63, 3.8) is 0 Å². The van der Waals surface area contributed by atoms with E-state index in [-0.39, 0.29) is 16.4 Å². The number of nitrogens with one attached hydrogen (secondary N) is 1. The number of fused-ring (bicyclic) bond motifs is 1. The lowest BCUT2D eigenvalue weighted by molar-refractivity contribution is 0.102. The lowest BCUT2D eigenvalue weighted by atomic mass is 10.2. The van der Waals surface area contributed by atoms with Gasteiger partial charge in [-0.15, -0.1) is 0 Å². The second-order valence-corrected chi connectivity index (χ2v) is 9.18. The molecule has 0 spiro atoms. The Kier molecular flexibility index (Phi) is 5.95. The molecule has 0 unspecified atom stereocenters. The van der Waals surface area contributed by atoms with Crippen LogP contribution in [0, 0.1) is 0 Å². The van der Waals surface area contributed by atoms with Gasteiger partial charge in [-0.1, -0.05) is 37.3 Å². The van der Waals surface area contributed by atoms with Crippen molar-refractivity contribution in [2.45, 2.75) is 24.7 Å². The number of amides is 1. The maximum atomic E-state index is 13.3. The van der Waals surface area contributed by atoms with Gasteiger partial charge in [0.25, 0.3) is 15.9 Å². The first kappa shape index (κ1) is 20.9. The number of nitrogens with zero attached hydrogens (tertiary/aromatic N) is 1. The van der Waals surface area contributed by atoms with Crippen LogP contribution in [0.3, 0.4) is 0 Å². The highest BCUT2D eigenvalue weighted by Crippen LogP contribution is 2.32. The molecule has 0 saturated carbocycles. The zero-order chi connectivity index (χ0) is 21.8. The lowest BCUT2D eigenvalue weighted by Gasteiger charge is -2.20. The van der Waals surface area contributed by atoms with Crippen molar-refractivity contribution in [1.82, 2.24) is 0 Å². The van der Waals surface area contributed by atoms with Crippen molar-refractivity contribution >= 4 is 27.3 Å². The minimum Gasteiger partial charge on any atom is -0.494 e. The second kappa shape index (κ2) is 8.81. The topological polar surface area (TPSA) is 75.7 Å². The van der Waals surface area contributed by atoms with E-state index < -0.39 is 10.0 Å². The summed E-state index contributed by atoms with van der Waals surface area (Å²) < 4.78 is 33.5. The molecule has 4 rings (SSSR count). The Balaban J connectivity index is 1.55. The number of carbonyl (C=O) groups excluding carboxylic acids is 1. The van der Waals surface area contributed by atoms with Gasteiger partial charge in [0.05, 0.1) is 17.2 Å². The van der Waals surface area contributed by atoms with E-state index in [0.29, 0.717) is 36.7 Å². The number of hydrogen-bond donors (Lipinski definition) is 1. The van der Waals surface area contributed by atoms with E-state index in [2.05, 4.69) is 5.32 Å². The number of sulfonamides is 1. The van der Waals surface area contributed by atoms with Gasteiger partial charge in [0.1, 0.15) is 5.75 Å². The van der Waals surface area contributed by atoms with E-state index in [1.165, 1.54) is 16.4 Å². The number of para-hydroxylation sites is 1. The predicted octanol–water partition coefficient (Wildman–Crippen LogP) is 4.48. The number of rotatable bonds is 7. The highest BCUT2D eigenvalue weighted by atomic mass is 32.2. The monoisotopic (exact) mass is 436 g/mol. The molecule has 6 nitrogen and oxygen atoms in total. The largest absolute Gasteiger partial charge is 0.494 e. The normalized spacial score (nSPS) is 13.0. The van der Waals surface area contributed by atoms with Gasteiger partial charge in [-0.3, -0.25) is 9.10 Å². The van der Waals surface area contributed by atoms with Crippen LogP contribution in [0.25, 0.3) is 0 Å². The molecule has 0 bridgehead atoms. The average Bonchev–Trinajstić information content (AvgIpc) is 3.23. The molecule has 0 saturated heterocycles. The molecule has 1 aliphatic rings. The Morgan fingerprint density at radius 2 is 1.84 bits per heavy atom. The summed E-state index contributed by atoms with van der Waals surface area (Å²) in [6, 6.07) is 20.7. The summed E-state index contributed by atoms with van der Waals surface area (Å²) in [6.45, 7) is 3.01. The maximum Gasteiger partial charge on any atom is 0.264 e. The van der Waals surface area contributed by atoms with E-state index in [1.54, 1.807) is 30.3 Å². The molecule has 1 aliphatic heterocycles. The fraction of sp³-hybridized carbons (Fsp3) is 0.208. The Bertz CT molecular complexity index is 1210. The van der Waals surface area contributed by atoms with Gasteiger partial charge in [-0.05, 0) is 54.8 Å². The Morgan fingerprint density at radius 3 is 2.68 bits per heavy atom. The molecule has 7 heteroatoms. The molecule has 1 amide bonds. The highest BCUT2D eigenvalue weighted by molar-refractivity contribution is 7.92. The van der Waals surface area contributed by atoms with Crippen LogP contribution in [-0.4, -0.2) is 27.5 Å². The van der Waals surface area contributed by atoms with Crippen LogP contribution in [-0.2, 0) is 16.4 Å². The molecular formula is C24H24N2O4S. The molecule has 31 heavy (non-hydrogen) atoms.